The van der Waals surface area contributed by atoms with Crippen LogP contribution < -0.4 is 10.6 Å². The molecule has 3 rings (SSSR count). The number of piperidine rings is 1. The van der Waals surface area contributed by atoms with E-state index in [0.29, 0.717) is 13.0 Å². The molecule has 0 saturated carbocycles. The summed E-state index contributed by atoms with van der Waals surface area (Å²) in [7, 11) is 1.27. The average molecular weight is 546 g/mol. The Labute approximate surface area is 227 Å². The van der Waals surface area contributed by atoms with Gasteiger partial charge in [0, 0.05) is 32.5 Å². The third-order valence-electron chi connectivity index (χ3n) is 7.15. The van der Waals surface area contributed by atoms with Gasteiger partial charge in [0.25, 0.3) is 0 Å². The van der Waals surface area contributed by atoms with Crippen LogP contribution in [0.4, 0.5) is 8.78 Å². The monoisotopic (exact) mass is 545 g/mol. The minimum absolute atomic E-state index is 0.00121. The number of carbonyl (C=O) groups excluding carboxylic acids is 3. The summed E-state index contributed by atoms with van der Waals surface area (Å²) in [6.07, 6.45) is -0.644. The van der Waals surface area contributed by atoms with Crippen molar-refractivity contribution in [3.8, 4) is 0 Å². The van der Waals surface area contributed by atoms with Gasteiger partial charge >= 0.3 is 5.97 Å². The van der Waals surface area contributed by atoms with Gasteiger partial charge in [0.1, 0.15) is 18.2 Å². The van der Waals surface area contributed by atoms with Crippen molar-refractivity contribution in [2.75, 3.05) is 26.7 Å². The van der Waals surface area contributed by atoms with Crippen molar-refractivity contribution >= 4 is 17.8 Å². The molecular formula is C29H37F2N3O5. The molecule has 2 amide bonds. The Bertz CT molecular complexity index is 1170. The van der Waals surface area contributed by atoms with Crippen molar-refractivity contribution in [2.45, 2.75) is 63.6 Å². The summed E-state index contributed by atoms with van der Waals surface area (Å²) in [5.41, 5.74) is 1.40. The van der Waals surface area contributed by atoms with E-state index < -0.39 is 41.2 Å². The summed E-state index contributed by atoms with van der Waals surface area (Å²) in [5, 5.41) is 17.2. The zero-order chi connectivity index (χ0) is 28.7. The van der Waals surface area contributed by atoms with Crippen LogP contribution in [0.5, 0.6) is 0 Å². The van der Waals surface area contributed by atoms with Crippen molar-refractivity contribution < 1.29 is 33.0 Å². The fourth-order valence-electron chi connectivity index (χ4n) is 4.96. The number of hydrogen-bond acceptors (Lipinski definition) is 6. The second kappa shape index (κ2) is 13.1. The number of rotatable bonds is 11. The number of hydrogen-bond donors (Lipinski definition) is 3. The molecule has 8 nitrogen and oxygen atoms in total. The molecule has 2 aromatic carbocycles. The molecule has 0 spiro atoms. The molecule has 3 atom stereocenters. The predicted molar refractivity (Wildman–Crippen MR) is 142 cm³/mol. The Morgan fingerprint density at radius 2 is 1.85 bits per heavy atom. The number of carbonyl (C=O) groups is 3. The van der Waals surface area contributed by atoms with Crippen molar-refractivity contribution in [2.24, 2.45) is 0 Å². The summed E-state index contributed by atoms with van der Waals surface area (Å²) in [6, 6.07) is 10.1. The van der Waals surface area contributed by atoms with Gasteiger partial charge in [0.05, 0.1) is 24.8 Å². The average Bonchev–Trinajstić information content (AvgIpc) is 2.87. The largest absolute Gasteiger partial charge is 0.468 e. The second-order valence-electron chi connectivity index (χ2n) is 10.4. The molecule has 1 aliphatic rings. The highest BCUT2D eigenvalue weighted by atomic mass is 19.1. The summed E-state index contributed by atoms with van der Waals surface area (Å²) in [5.74, 6) is -2.40. The minimum Gasteiger partial charge on any atom is -0.468 e. The highest BCUT2D eigenvalue weighted by molar-refractivity contribution is 5.83. The molecule has 0 unspecified atom stereocenters. The molecule has 10 heteroatoms. The third-order valence-corrected chi connectivity index (χ3v) is 7.15. The maximum Gasteiger partial charge on any atom is 0.325 e. The van der Waals surface area contributed by atoms with Gasteiger partial charge in [-0.25, -0.2) is 8.78 Å². The Balaban J connectivity index is 1.86. The lowest BCUT2D eigenvalue weighted by molar-refractivity contribution is -0.149. The number of halogens is 2. The lowest BCUT2D eigenvalue weighted by atomic mass is 9.79. The topological polar surface area (TPSA) is 108 Å². The maximum atomic E-state index is 13.8. The van der Waals surface area contributed by atoms with Crippen LogP contribution in [-0.4, -0.2) is 66.7 Å². The first-order valence-electron chi connectivity index (χ1n) is 13.0. The van der Waals surface area contributed by atoms with Gasteiger partial charge in [-0.1, -0.05) is 38.1 Å². The van der Waals surface area contributed by atoms with Gasteiger partial charge in [-0.3, -0.25) is 14.4 Å². The van der Waals surface area contributed by atoms with E-state index in [1.54, 1.807) is 0 Å². The van der Waals surface area contributed by atoms with Crippen LogP contribution in [0, 0.1) is 11.6 Å². The van der Waals surface area contributed by atoms with E-state index in [0.717, 1.165) is 29.3 Å². The first kappa shape index (κ1) is 30.2. The van der Waals surface area contributed by atoms with E-state index in [4.69, 9.17) is 4.74 Å². The van der Waals surface area contributed by atoms with Gasteiger partial charge in [0.2, 0.25) is 11.8 Å². The van der Waals surface area contributed by atoms with Crippen LogP contribution in [0.15, 0.2) is 42.5 Å². The fraction of sp³-hybridized carbons (Fsp3) is 0.483. The van der Waals surface area contributed by atoms with Crippen molar-refractivity contribution in [3.63, 3.8) is 0 Å². The molecule has 0 bridgehead atoms. The summed E-state index contributed by atoms with van der Waals surface area (Å²) in [4.78, 5) is 38.3. The first-order valence-corrected chi connectivity index (χ1v) is 13.0. The maximum absolute atomic E-state index is 13.8. The molecule has 0 aromatic heterocycles. The Morgan fingerprint density at radius 1 is 1.15 bits per heavy atom. The van der Waals surface area contributed by atoms with E-state index in [1.165, 1.54) is 18.9 Å². The van der Waals surface area contributed by atoms with Crippen LogP contribution in [0.3, 0.4) is 0 Å². The molecule has 3 N–H and O–H groups in total. The Morgan fingerprint density at radius 3 is 2.44 bits per heavy atom. The fourth-order valence-corrected chi connectivity index (χ4v) is 4.96. The highest BCUT2D eigenvalue weighted by Crippen LogP contribution is 2.35. The van der Waals surface area contributed by atoms with E-state index in [-0.39, 0.29) is 43.3 Å². The second-order valence-corrected chi connectivity index (χ2v) is 10.4. The third kappa shape index (κ3) is 8.06. The SMILES string of the molecule is COC(=O)CN1CC[C@](NC[C@@H](O)[C@@H](Cc2cc(F)cc(F)c2)NC(C)=O)(c2cccc(C(C)C)c2)CC1=O. The molecule has 0 radical (unpaired) electrons. The van der Waals surface area contributed by atoms with E-state index in [9.17, 15) is 28.3 Å². The van der Waals surface area contributed by atoms with Crippen molar-refractivity contribution in [1.82, 2.24) is 15.5 Å². The van der Waals surface area contributed by atoms with Gasteiger partial charge in [-0.15, -0.1) is 0 Å². The number of amides is 2. The zero-order valence-electron chi connectivity index (χ0n) is 22.8. The molecule has 1 aliphatic heterocycles. The minimum atomic E-state index is -1.14. The Hall–Kier alpha value is -3.37. The number of nitrogens with one attached hydrogen (secondary N) is 2. The standard InChI is InChI=1S/C29H37F2N3O5/c1-18(2)21-6-5-7-22(13-21)29(8-9-34(27(37)15-29)17-28(38)39-4)32-16-26(36)25(33-19(3)35)12-20-10-23(30)14-24(31)11-20/h5-7,10-11,13-14,18,25-26,32,36H,8-9,12,15-17H2,1-4H3,(H,33,35)/t25-,26-,29-/m1/s1. The highest BCUT2D eigenvalue weighted by Gasteiger charge is 2.41. The molecular weight excluding hydrogens is 508 g/mol. The number of esters is 1. The van der Waals surface area contributed by atoms with Crippen LogP contribution in [0.1, 0.15) is 56.2 Å². The molecule has 39 heavy (non-hydrogen) atoms. The lowest BCUT2D eigenvalue weighted by Crippen LogP contribution is -2.57. The van der Waals surface area contributed by atoms with Crippen LogP contribution in [0.25, 0.3) is 0 Å². The van der Waals surface area contributed by atoms with E-state index in [2.05, 4.69) is 24.5 Å². The van der Waals surface area contributed by atoms with Crippen LogP contribution in [-0.2, 0) is 31.1 Å². The van der Waals surface area contributed by atoms with Gasteiger partial charge in [-0.2, -0.15) is 0 Å². The Kier molecular flexibility index (Phi) is 10.2. The number of aliphatic hydroxyl groups excluding tert-OH is 1. The predicted octanol–water partition coefficient (Wildman–Crippen LogP) is 2.78. The quantitative estimate of drug-likeness (QED) is 0.375. The smallest absolute Gasteiger partial charge is 0.325 e. The number of benzene rings is 2. The van der Waals surface area contributed by atoms with Gasteiger partial charge in [-0.05, 0) is 47.6 Å². The van der Waals surface area contributed by atoms with Crippen molar-refractivity contribution in [3.05, 3.63) is 70.8 Å². The molecule has 212 valence electrons. The number of likely N-dealkylation sites (tertiary alicyclic amines) is 1. The summed E-state index contributed by atoms with van der Waals surface area (Å²) >= 11 is 0. The van der Waals surface area contributed by atoms with E-state index in [1.807, 2.05) is 24.3 Å². The number of ether oxygens (including phenoxy) is 1. The normalized spacial score (nSPS) is 19.1. The molecule has 1 fully saturated rings. The van der Waals surface area contributed by atoms with Crippen LogP contribution >= 0.6 is 0 Å². The number of methoxy groups -OCH3 is 1. The summed E-state index contributed by atoms with van der Waals surface area (Å²) in [6.45, 7) is 5.57. The van der Waals surface area contributed by atoms with Gasteiger partial charge < -0.3 is 25.4 Å². The first-order chi connectivity index (χ1) is 18.4. The molecule has 2 aromatic rings. The lowest BCUT2D eigenvalue weighted by Gasteiger charge is -2.43. The molecule has 0 aliphatic carbocycles. The number of nitrogens with zero attached hydrogens (tertiary/aromatic N) is 1. The molecule has 1 heterocycles. The molecule has 1 saturated heterocycles. The van der Waals surface area contributed by atoms with E-state index >= 15 is 0 Å². The van der Waals surface area contributed by atoms with Gasteiger partial charge in [0.15, 0.2) is 0 Å². The number of aliphatic hydroxyl groups is 1. The zero-order valence-corrected chi connectivity index (χ0v) is 22.8. The summed E-state index contributed by atoms with van der Waals surface area (Å²) < 4.78 is 32.2. The van der Waals surface area contributed by atoms with Crippen molar-refractivity contribution in [1.29, 1.82) is 0 Å². The van der Waals surface area contributed by atoms with Crippen LogP contribution in [0.2, 0.25) is 0 Å².